The van der Waals surface area contributed by atoms with E-state index in [0.717, 1.165) is 16.8 Å². The largest absolute Gasteiger partial charge is 0.497 e. The average Bonchev–Trinajstić information content (AvgIpc) is 3.66. The number of para-hydroxylation sites is 1. The van der Waals surface area contributed by atoms with E-state index in [0.29, 0.717) is 21.8 Å². The Labute approximate surface area is 224 Å². The van der Waals surface area contributed by atoms with E-state index in [1.165, 1.54) is 11.3 Å². The highest BCUT2D eigenvalue weighted by atomic mass is 32.1. The molecule has 1 aromatic heterocycles. The highest BCUT2D eigenvalue weighted by Gasteiger charge is 2.71. The van der Waals surface area contributed by atoms with Crippen LogP contribution in [0.25, 0.3) is 6.08 Å². The fourth-order valence-corrected chi connectivity index (χ4v) is 7.36. The zero-order chi connectivity index (χ0) is 26.0. The maximum absolute atomic E-state index is 14.5. The number of carbonyl (C=O) groups is 3. The van der Waals surface area contributed by atoms with E-state index in [1.807, 2.05) is 83.1 Å². The van der Waals surface area contributed by atoms with Crippen molar-refractivity contribution in [2.45, 2.75) is 18.0 Å². The first-order chi connectivity index (χ1) is 18.6. The third-order valence-electron chi connectivity index (χ3n) is 8.22. The van der Waals surface area contributed by atoms with Gasteiger partial charge in [-0.25, -0.2) is 0 Å². The molecule has 0 radical (unpaired) electrons. The Balaban J connectivity index is 1.55. The van der Waals surface area contributed by atoms with E-state index in [2.05, 4.69) is 0 Å². The number of carbonyl (C=O) groups excluding carboxylic acids is 3. The predicted molar refractivity (Wildman–Crippen MR) is 147 cm³/mol. The minimum Gasteiger partial charge on any atom is -0.497 e. The molecule has 6 heteroatoms. The van der Waals surface area contributed by atoms with Crippen molar-refractivity contribution in [3.63, 3.8) is 0 Å². The molecule has 1 spiro atoms. The van der Waals surface area contributed by atoms with Crippen LogP contribution < -0.4 is 9.64 Å². The first-order valence-electron chi connectivity index (χ1n) is 12.5. The Kier molecular flexibility index (Phi) is 5.03. The summed E-state index contributed by atoms with van der Waals surface area (Å²) in [4.78, 5) is 46.1. The van der Waals surface area contributed by atoms with Crippen LogP contribution in [-0.4, -0.2) is 36.5 Å². The molecule has 5 nitrogen and oxygen atoms in total. The molecule has 0 saturated carbocycles. The van der Waals surface area contributed by atoms with Gasteiger partial charge in [-0.2, -0.15) is 0 Å². The first kappa shape index (κ1) is 22.9. The summed E-state index contributed by atoms with van der Waals surface area (Å²) in [5.41, 5.74) is 1.92. The number of fused-ring (bicyclic) bond motifs is 5. The zero-order valence-corrected chi connectivity index (χ0v) is 21.4. The number of benzene rings is 3. The Morgan fingerprint density at radius 1 is 0.868 bits per heavy atom. The van der Waals surface area contributed by atoms with Gasteiger partial charge in [-0.05, 0) is 40.8 Å². The smallest absolute Gasteiger partial charge is 0.195 e. The van der Waals surface area contributed by atoms with Crippen LogP contribution in [0.2, 0.25) is 0 Å². The second kappa shape index (κ2) is 8.36. The number of thiophene rings is 1. The Morgan fingerprint density at radius 3 is 2.21 bits per heavy atom. The number of hydrogen-bond acceptors (Lipinski definition) is 6. The molecule has 1 aliphatic carbocycles. The van der Waals surface area contributed by atoms with Crippen molar-refractivity contribution in [3.05, 3.63) is 124 Å². The number of nitrogens with zero attached hydrogens (tertiary/aromatic N) is 1. The maximum atomic E-state index is 14.5. The molecule has 4 aromatic rings. The third-order valence-corrected chi connectivity index (χ3v) is 9.10. The second-order valence-electron chi connectivity index (χ2n) is 9.88. The molecular formula is C32H23NO4S. The standard InChI is InChI=1S/C32H23NO4S/c1-37-21-15-12-20(13-16-21)27-28(29(34)25-11-6-18-38-25)33-24-10-5-2-7-19(24)14-17-26(33)32(27)30(35)22-8-3-4-9-23(22)31(32)36/h2-18,26-28H,1H3/t26-,27-,28+/m0/s1. The van der Waals surface area contributed by atoms with Crippen LogP contribution >= 0.6 is 11.3 Å². The number of methoxy groups -OCH3 is 1. The molecule has 3 aliphatic rings. The minimum absolute atomic E-state index is 0.0932. The van der Waals surface area contributed by atoms with Gasteiger partial charge in [0, 0.05) is 22.7 Å². The van der Waals surface area contributed by atoms with Crippen LogP contribution in [0, 0.1) is 5.41 Å². The second-order valence-corrected chi connectivity index (χ2v) is 10.8. The van der Waals surface area contributed by atoms with Gasteiger partial charge in [0.15, 0.2) is 17.3 Å². The quantitative estimate of drug-likeness (QED) is 0.243. The van der Waals surface area contributed by atoms with Crippen molar-refractivity contribution < 1.29 is 19.1 Å². The topological polar surface area (TPSA) is 63.7 Å². The van der Waals surface area contributed by atoms with E-state index >= 15 is 0 Å². The first-order valence-corrected chi connectivity index (χ1v) is 13.4. The summed E-state index contributed by atoms with van der Waals surface area (Å²) >= 11 is 1.38. The summed E-state index contributed by atoms with van der Waals surface area (Å²) in [6, 6.07) is 24.6. The number of Topliss-reactive ketones (excluding diaryl/α,β-unsaturated/α-hetero) is 3. The summed E-state index contributed by atoms with van der Waals surface area (Å²) < 4.78 is 5.40. The van der Waals surface area contributed by atoms with E-state index < -0.39 is 23.4 Å². The molecule has 0 unspecified atom stereocenters. The van der Waals surface area contributed by atoms with Crippen molar-refractivity contribution >= 4 is 40.4 Å². The monoisotopic (exact) mass is 517 g/mol. The zero-order valence-electron chi connectivity index (χ0n) is 20.5. The maximum Gasteiger partial charge on any atom is 0.195 e. The lowest BCUT2D eigenvalue weighted by atomic mass is 9.64. The SMILES string of the molecule is COc1ccc([C@H]2[C@H](C(=O)c3cccs3)N3c4ccccc4C=C[C@H]3C23C(=O)c2ccccc2C3=O)cc1. The molecule has 0 amide bonds. The van der Waals surface area contributed by atoms with E-state index in [9.17, 15) is 14.4 Å². The van der Waals surface area contributed by atoms with Crippen LogP contribution in [0.5, 0.6) is 5.75 Å². The van der Waals surface area contributed by atoms with Gasteiger partial charge in [-0.1, -0.05) is 72.8 Å². The van der Waals surface area contributed by atoms with Crippen molar-refractivity contribution in [1.82, 2.24) is 0 Å². The number of anilines is 1. The molecule has 1 saturated heterocycles. The van der Waals surface area contributed by atoms with Crippen LogP contribution in [0.1, 0.15) is 47.4 Å². The van der Waals surface area contributed by atoms with E-state index in [1.54, 1.807) is 31.4 Å². The number of rotatable bonds is 4. The van der Waals surface area contributed by atoms with Gasteiger partial charge in [0.05, 0.1) is 18.0 Å². The molecule has 3 heterocycles. The summed E-state index contributed by atoms with van der Waals surface area (Å²) in [5.74, 6) is -0.586. The third kappa shape index (κ3) is 2.89. The summed E-state index contributed by atoms with van der Waals surface area (Å²) in [6.07, 6.45) is 3.92. The van der Waals surface area contributed by atoms with Crippen molar-refractivity contribution in [2.24, 2.45) is 5.41 Å². The number of hydrogen-bond donors (Lipinski definition) is 0. The molecule has 38 heavy (non-hydrogen) atoms. The molecular weight excluding hydrogens is 494 g/mol. The minimum atomic E-state index is -1.49. The van der Waals surface area contributed by atoms with Crippen molar-refractivity contribution in [3.8, 4) is 5.75 Å². The Bertz CT molecular complexity index is 1600. The molecule has 0 bridgehead atoms. The van der Waals surface area contributed by atoms with Crippen molar-refractivity contribution in [2.75, 3.05) is 12.0 Å². The van der Waals surface area contributed by atoms with Gasteiger partial charge < -0.3 is 9.64 Å². The van der Waals surface area contributed by atoms with Gasteiger partial charge in [0.2, 0.25) is 0 Å². The predicted octanol–water partition coefficient (Wildman–Crippen LogP) is 6.07. The number of ketones is 3. The van der Waals surface area contributed by atoms with E-state index in [4.69, 9.17) is 4.74 Å². The summed E-state index contributed by atoms with van der Waals surface area (Å²) in [5, 5.41) is 1.88. The van der Waals surface area contributed by atoms with Crippen LogP contribution in [-0.2, 0) is 0 Å². The molecule has 3 atom stereocenters. The summed E-state index contributed by atoms with van der Waals surface area (Å²) in [7, 11) is 1.60. The van der Waals surface area contributed by atoms with Crippen LogP contribution in [0.4, 0.5) is 5.69 Å². The fourth-order valence-electron chi connectivity index (χ4n) is 6.67. The van der Waals surface area contributed by atoms with E-state index in [-0.39, 0.29) is 17.3 Å². The molecule has 0 N–H and O–H groups in total. The lowest BCUT2D eigenvalue weighted by Gasteiger charge is -2.37. The van der Waals surface area contributed by atoms with Gasteiger partial charge in [0.25, 0.3) is 0 Å². The lowest BCUT2D eigenvalue weighted by Crippen LogP contribution is -2.48. The molecule has 1 fully saturated rings. The number of ether oxygens (including phenoxy) is 1. The summed E-state index contributed by atoms with van der Waals surface area (Å²) in [6.45, 7) is 0. The fraction of sp³-hybridized carbons (Fsp3) is 0.156. The molecule has 186 valence electrons. The van der Waals surface area contributed by atoms with Gasteiger partial charge in [-0.3, -0.25) is 14.4 Å². The van der Waals surface area contributed by atoms with Crippen molar-refractivity contribution in [1.29, 1.82) is 0 Å². The average molecular weight is 518 g/mol. The molecule has 2 aliphatic heterocycles. The van der Waals surface area contributed by atoms with Gasteiger partial charge in [-0.15, -0.1) is 11.3 Å². The van der Waals surface area contributed by atoms with Gasteiger partial charge in [0.1, 0.15) is 17.2 Å². The van der Waals surface area contributed by atoms with Crippen LogP contribution in [0.15, 0.2) is 96.4 Å². The Hall–Kier alpha value is -4.29. The van der Waals surface area contributed by atoms with Gasteiger partial charge >= 0.3 is 0 Å². The van der Waals surface area contributed by atoms with Crippen LogP contribution in [0.3, 0.4) is 0 Å². The molecule has 3 aromatic carbocycles. The highest BCUT2D eigenvalue weighted by molar-refractivity contribution is 7.12. The highest BCUT2D eigenvalue weighted by Crippen LogP contribution is 2.61. The Morgan fingerprint density at radius 2 is 1.55 bits per heavy atom. The lowest BCUT2D eigenvalue weighted by molar-refractivity contribution is 0.0666. The molecule has 7 rings (SSSR count). The normalized spacial score (nSPS) is 22.3.